The average Bonchev–Trinajstić information content (AvgIpc) is 3.78. The molecule has 0 bridgehead atoms. The SMILES string of the molecule is CCC(=C(c1ccc(O)cc1)c1ccc(OCCCCCc2cc3cc(-c4ccc5c(c4)CN(C4CCC(=O)NC4=O)C5=O)ccc3[nH]2)cc1)c1ccccc1. The molecule has 8 rings (SSSR count). The number of hydrogen-bond acceptors (Lipinski definition) is 5. The van der Waals surface area contributed by atoms with E-state index in [2.05, 4.69) is 77.9 Å². The van der Waals surface area contributed by atoms with Gasteiger partial charge in [0.25, 0.3) is 5.91 Å². The molecule has 2 aliphatic rings. The van der Waals surface area contributed by atoms with Crippen molar-refractivity contribution in [2.75, 3.05) is 6.61 Å². The van der Waals surface area contributed by atoms with E-state index in [4.69, 9.17) is 4.74 Å². The van der Waals surface area contributed by atoms with Crippen LogP contribution in [0.5, 0.6) is 11.5 Å². The Hall–Kier alpha value is -6.41. The van der Waals surface area contributed by atoms with E-state index in [1.807, 2.05) is 48.5 Å². The molecule has 1 fully saturated rings. The lowest BCUT2D eigenvalue weighted by molar-refractivity contribution is -0.136. The Morgan fingerprint density at radius 3 is 2.27 bits per heavy atom. The first-order valence-electron chi connectivity index (χ1n) is 19.6. The van der Waals surface area contributed by atoms with Crippen LogP contribution in [0, 0.1) is 0 Å². The highest BCUT2D eigenvalue weighted by Gasteiger charge is 2.39. The van der Waals surface area contributed by atoms with Crippen LogP contribution in [-0.4, -0.2) is 45.4 Å². The van der Waals surface area contributed by atoms with Gasteiger partial charge in [-0.2, -0.15) is 0 Å². The number of nitrogens with one attached hydrogen (secondary N) is 2. The number of imide groups is 1. The minimum absolute atomic E-state index is 0.161. The molecule has 1 aromatic heterocycles. The molecule has 0 radical (unpaired) electrons. The molecule has 1 atom stereocenters. The molecule has 282 valence electrons. The third-order valence-electron chi connectivity index (χ3n) is 11.0. The van der Waals surface area contributed by atoms with Gasteiger partial charge < -0.3 is 19.7 Å². The minimum atomic E-state index is -0.619. The van der Waals surface area contributed by atoms with E-state index in [1.54, 1.807) is 17.0 Å². The van der Waals surface area contributed by atoms with E-state index in [0.717, 1.165) is 82.1 Å². The summed E-state index contributed by atoms with van der Waals surface area (Å²) in [7, 11) is 0. The quantitative estimate of drug-likeness (QED) is 0.0620. The molecule has 2 aliphatic heterocycles. The van der Waals surface area contributed by atoms with E-state index in [-0.39, 0.29) is 24.0 Å². The van der Waals surface area contributed by atoms with Crippen molar-refractivity contribution in [3.05, 3.63) is 155 Å². The second-order valence-electron chi connectivity index (χ2n) is 14.7. The van der Waals surface area contributed by atoms with E-state index in [1.165, 1.54) is 16.8 Å². The smallest absolute Gasteiger partial charge is 0.255 e. The van der Waals surface area contributed by atoms with Gasteiger partial charge in [0, 0.05) is 35.1 Å². The third-order valence-corrected chi connectivity index (χ3v) is 11.0. The van der Waals surface area contributed by atoms with E-state index < -0.39 is 11.9 Å². The van der Waals surface area contributed by atoms with Crippen molar-refractivity contribution in [2.24, 2.45) is 0 Å². The van der Waals surface area contributed by atoms with Crippen LogP contribution in [0.3, 0.4) is 0 Å². The number of aromatic hydroxyl groups is 1. The molecule has 8 nitrogen and oxygen atoms in total. The maximum atomic E-state index is 13.1. The molecule has 3 heterocycles. The first kappa shape index (κ1) is 36.6. The summed E-state index contributed by atoms with van der Waals surface area (Å²) in [5, 5.41) is 13.5. The van der Waals surface area contributed by atoms with Crippen LogP contribution in [-0.2, 0) is 22.6 Å². The first-order chi connectivity index (χ1) is 27.3. The summed E-state index contributed by atoms with van der Waals surface area (Å²) >= 11 is 0. The molecule has 1 saturated heterocycles. The summed E-state index contributed by atoms with van der Waals surface area (Å²) in [6.07, 6.45) is 5.46. The lowest BCUT2D eigenvalue weighted by Crippen LogP contribution is -2.52. The molecule has 3 amide bonds. The van der Waals surface area contributed by atoms with Gasteiger partial charge in [-0.15, -0.1) is 0 Å². The summed E-state index contributed by atoms with van der Waals surface area (Å²) in [5.74, 6) is 0.260. The molecular formula is C48H45N3O5. The van der Waals surface area contributed by atoms with E-state index in [0.29, 0.717) is 25.1 Å². The molecule has 56 heavy (non-hydrogen) atoms. The summed E-state index contributed by atoms with van der Waals surface area (Å²) in [4.78, 5) is 42.4. The number of unbranched alkanes of at least 4 members (excludes halogenated alkanes) is 2. The number of carbonyl (C=O) groups is 3. The zero-order valence-electron chi connectivity index (χ0n) is 31.5. The number of amides is 3. The fourth-order valence-electron chi connectivity index (χ4n) is 8.07. The number of H-pyrrole nitrogens is 1. The summed E-state index contributed by atoms with van der Waals surface area (Å²) in [5.41, 5.74) is 11.7. The number of ether oxygens (including phenoxy) is 1. The normalized spacial score (nSPS) is 15.8. The van der Waals surface area contributed by atoms with Crippen LogP contribution in [0.4, 0.5) is 0 Å². The molecule has 3 N–H and O–H groups in total. The standard InChI is InChI=1S/C48H45N3O5/c1-2-41(31-9-5-3-6-10-31)46(32-12-18-39(52)19-13-32)33-14-20-40(21-15-33)56-26-8-4-7-11-38-29-36-27-35(17-23-43(36)49-38)34-16-22-42-37(28-34)30-51(48(42)55)44-24-25-45(53)50-47(44)54/h3,5-6,9-10,12-23,27-29,44,49,52H,2,4,7-8,11,24-26,30H2,1H3,(H,50,53,54). The van der Waals surface area contributed by atoms with Crippen molar-refractivity contribution in [2.45, 2.75) is 64.5 Å². The number of allylic oxidation sites excluding steroid dienone is 1. The number of nitrogens with zero attached hydrogens (tertiary/aromatic N) is 1. The number of phenols is 1. The fourth-order valence-corrected chi connectivity index (χ4v) is 8.07. The van der Waals surface area contributed by atoms with Gasteiger partial charge in [-0.1, -0.05) is 73.7 Å². The highest BCUT2D eigenvalue weighted by molar-refractivity contribution is 6.05. The van der Waals surface area contributed by atoms with Gasteiger partial charge in [0.05, 0.1) is 6.61 Å². The number of rotatable bonds is 13. The van der Waals surface area contributed by atoms with Crippen LogP contribution in [0.25, 0.3) is 33.2 Å². The lowest BCUT2D eigenvalue weighted by atomic mass is 9.88. The van der Waals surface area contributed by atoms with Gasteiger partial charge in [-0.25, -0.2) is 0 Å². The fraction of sp³-hybridized carbons (Fsp3) is 0.229. The van der Waals surface area contributed by atoms with Crippen LogP contribution in [0.15, 0.2) is 121 Å². The Morgan fingerprint density at radius 2 is 1.52 bits per heavy atom. The van der Waals surface area contributed by atoms with Crippen LogP contribution in [0.1, 0.15) is 83.8 Å². The molecule has 0 aliphatic carbocycles. The Labute approximate surface area is 326 Å². The second kappa shape index (κ2) is 16.1. The second-order valence-corrected chi connectivity index (χ2v) is 14.7. The summed E-state index contributed by atoms with van der Waals surface area (Å²) < 4.78 is 6.16. The van der Waals surface area contributed by atoms with Crippen molar-refractivity contribution < 1.29 is 24.2 Å². The monoisotopic (exact) mass is 743 g/mol. The van der Waals surface area contributed by atoms with E-state index in [9.17, 15) is 19.5 Å². The molecule has 6 aromatic rings. The van der Waals surface area contributed by atoms with Gasteiger partial charge >= 0.3 is 0 Å². The van der Waals surface area contributed by atoms with Gasteiger partial charge in [0.2, 0.25) is 11.8 Å². The Kier molecular flexibility index (Phi) is 10.5. The number of hydrogen-bond donors (Lipinski definition) is 3. The lowest BCUT2D eigenvalue weighted by Gasteiger charge is -2.29. The number of piperidine rings is 1. The number of benzene rings is 5. The topological polar surface area (TPSA) is 112 Å². The highest BCUT2D eigenvalue weighted by Crippen LogP contribution is 2.36. The Morgan fingerprint density at radius 1 is 0.786 bits per heavy atom. The molecule has 0 spiro atoms. The maximum absolute atomic E-state index is 13.1. The van der Waals surface area contributed by atoms with Gasteiger partial charge in [0.15, 0.2) is 0 Å². The Balaban J connectivity index is 0.849. The average molecular weight is 744 g/mol. The predicted molar refractivity (Wildman–Crippen MR) is 220 cm³/mol. The summed E-state index contributed by atoms with van der Waals surface area (Å²) in [6.45, 7) is 3.19. The zero-order chi connectivity index (χ0) is 38.6. The van der Waals surface area contributed by atoms with Crippen LogP contribution in [0.2, 0.25) is 0 Å². The predicted octanol–water partition coefficient (Wildman–Crippen LogP) is 9.46. The Bertz CT molecular complexity index is 2430. The van der Waals surface area contributed by atoms with Gasteiger partial charge in [-0.05, 0) is 138 Å². The zero-order valence-corrected chi connectivity index (χ0v) is 31.5. The number of phenolic OH excluding ortho intramolecular Hbond substituents is 1. The van der Waals surface area contributed by atoms with Crippen molar-refractivity contribution >= 4 is 39.8 Å². The number of aromatic nitrogens is 1. The molecule has 5 aromatic carbocycles. The van der Waals surface area contributed by atoms with Gasteiger partial charge in [-0.3, -0.25) is 19.7 Å². The number of carbonyl (C=O) groups excluding carboxylic acids is 3. The number of aryl methyl sites for hydroxylation is 1. The molecular weight excluding hydrogens is 699 g/mol. The van der Waals surface area contributed by atoms with Gasteiger partial charge in [0.1, 0.15) is 17.5 Å². The van der Waals surface area contributed by atoms with Crippen molar-refractivity contribution in [3.63, 3.8) is 0 Å². The first-order valence-corrected chi connectivity index (χ1v) is 19.6. The maximum Gasteiger partial charge on any atom is 0.255 e. The molecule has 0 saturated carbocycles. The third kappa shape index (κ3) is 7.73. The van der Waals surface area contributed by atoms with Crippen LogP contribution < -0.4 is 10.1 Å². The highest BCUT2D eigenvalue weighted by atomic mass is 16.5. The van der Waals surface area contributed by atoms with Crippen molar-refractivity contribution in [1.29, 1.82) is 0 Å². The summed E-state index contributed by atoms with van der Waals surface area (Å²) in [6, 6.07) is 40.1. The van der Waals surface area contributed by atoms with Crippen molar-refractivity contribution in [1.82, 2.24) is 15.2 Å². The van der Waals surface area contributed by atoms with Crippen molar-refractivity contribution in [3.8, 4) is 22.6 Å². The molecule has 1 unspecified atom stereocenters. The minimum Gasteiger partial charge on any atom is -0.508 e. The number of aromatic amines is 1. The van der Waals surface area contributed by atoms with Crippen LogP contribution >= 0.6 is 0 Å². The molecule has 8 heteroatoms. The van der Waals surface area contributed by atoms with E-state index >= 15 is 0 Å². The number of fused-ring (bicyclic) bond motifs is 2. The largest absolute Gasteiger partial charge is 0.508 e.